The molecule has 2 aromatic heterocycles. The lowest BCUT2D eigenvalue weighted by molar-refractivity contribution is -0.127. The Balaban J connectivity index is 1.41. The van der Waals surface area contributed by atoms with Gasteiger partial charge in [-0.25, -0.2) is 9.67 Å². The molecule has 7 heteroatoms. The van der Waals surface area contributed by atoms with Gasteiger partial charge in [0.25, 0.3) is 0 Å². The molecule has 7 nitrogen and oxygen atoms in total. The van der Waals surface area contributed by atoms with Crippen LogP contribution in [0.25, 0.3) is 11.4 Å². The number of aliphatic hydroxyl groups is 1. The largest absolute Gasteiger partial charge is 0.381 e. The van der Waals surface area contributed by atoms with Crippen molar-refractivity contribution in [3.05, 3.63) is 65.2 Å². The number of benzene rings is 1. The summed E-state index contributed by atoms with van der Waals surface area (Å²) in [5.74, 6) is 2.17. The van der Waals surface area contributed by atoms with E-state index in [2.05, 4.69) is 65.8 Å². The average Bonchev–Trinajstić information content (AvgIpc) is 3.65. The highest BCUT2D eigenvalue weighted by Gasteiger charge is 2.55. The second-order valence-corrected chi connectivity index (χ2v) is 11.3. The predicted molar refractivity (Wildman–Crippen MR) is 139 cm³/mol. The van der Waals surface area contributed by atoms with Crippen LogP contribution in [0.3, 0.4) is 0 Å². The van der Waals surface area contributed by atoms with Gasteiger partial charge in [-0.3, -0.25) is 4.98 Å². The molecule has 4 heterocycles. The summed E-state index contributed by atoms with van der Waals surface area (Å²) >= 11 is 0. The Hall–Kier alpha value is -2.61. The average molecular weight is 488 g/mol. The molecule has 36 heavy (non-hydrogen) atoms. The van der Waals surface area contributed by atoms with Crippen molar-refractivity contribution >= 4 is 0 Å². The molecule has 0 amide bonds. The fourth-order valence-corrected chi connectivity index (χ4v) is 6.26. The van der Waals surface area contributed by atoms with Crippen LogP contribution in [0.5, 0.6) is 0 Å². The van der Waals surface area contributed by atoms with Gasteiger partial charge in [-0.05, 0) is 56.3 Å². The van der Waals surface area contributed by atoms with Crippen LogP contribution in [0.4, 0.5) is 0 Å². The number of ether oxygens (including phenoxy) is 1. The normalized spacial score (nSPS) is 22.2. The first-order valence-electron chi connectivity index (χ1n) is 13.4. The van der Waals surface area contributed by atoms with E-state index in [4.69, 9.17) is 14.8 Å². The topological polar surface area (TPSA) is 76.3 Å². The number of hydrogen-bond donors (Lipinski definition) is 1. The van der Waals surface area contributed by atoms with Crippen LogP contribution in [0.2, 0.25) is 0 Å². The number of pyridine rings is 1. The maximum atomic E-state index is 12.5. The van der Waals surface area contributed by atoms with E-state index < -0.39 is 5.60 Å². The summed E-state index contributed by atoms with van der Waals surface area (Å²) in [5, 5.41) is 17.5. The monoisotopic (exact) mass is 487 g/mol. The molecule has 1 aromatic carbocycles. The zero-order valence-electron chi connectivity index (χ0n) is 21.7. The van der Waals surface area contributed by atoms with E-state index in [1.165, 1.54) is 5.56 Å². The van der Waals surface area contributed by atoms with E-state index in [-0.39, 0.29) is 5.41 Å². The third-order valence-electron chi connectivity index (χ3n) is 8.44. The Morgan fingerprint density at radius 3 is 2.42 bits per heavy atom. The lowest BCUT2D eigenvalue weighted by atomic mass is 9.62. The molecule has 1 unspecified atom stereocenters. The molecule has 1 saturated carbocycles. The fourth-order valence-electron chi connectivity index (χ4n) is 6.26. The predicted octanol–water partition coefficient (Wildman–Crippen LogP) is 4.32. The maximum Gasteiger partial charge on any atom is 0.182 e. The molecular formula is C29H37N5O2. The SMILES string of the molecule is CCc1ccc(C(O)(c2cncc(-c3nc(C4CCOCC4)n(C4CC4)n3)c2)C2(C)CN(C)C2)cc1. The molecule has 3 aliphatic rings. The van der Waals surface area contributed by atoms with Gasteiger partial charge in [0.05, 0.1) is 6.04 Å². The lowest BCUT2D eigenvalue weighted by Crippen LogP contribution is -2.63. The van der Waals surface area contributed by atoms with Gasteiger partial charge in [-0.1, -0.05) is 38.1 Å². The summed E-state index contributed by atoms with van der Waals surface area (Å²) in [6.07, 6.45) is 8.93. The number of nitrogens with zero attached hydrogens (tertiary/aromatic N) is 5. The Bertz CT molecular complexity index is 1220. The first kappa shape index (κ1) is 23.8. The van der Waals surface area contributed by atoms with Crippen LogP contribution in [0, 0.1) is 5.41 Å². The Kier molecular flexibility index (Phi) is 5.97. The molecule has 6 rings (SSSR count). The number of likely N-dealkylation sites (tertiary alicyclic amines) is 1. The van der Waals surface area contributed by atoms with Crippen LogP contribution in [-0.2, 0) is 16.8 Å². The Morgan fingerprint density at radius 1 is 1.06 bits per heavy atom. The van der Waals surface area contributed by atoms with E-state index in [0.717, 1.165) is 80.9 Å². The van der Waals surface area contributed by atoms with Gasteiger partial charge >= 0.3 is 0 Å². The summed E-state index contributed by atoms with van der Waals surface area (Å²) in [7, 11) is 2.10. The smallest absolute Gasteiger partial charge is 0.182 e. The lowest BCUT2D eigenvalue weighted by Gasteiger charge is -2.55. The zero-order chi connectivity index (χ0) is 24.9. The van der Waals surface area contributed by atoms with E-state index in [1.54, 1.807) is 0 Å². The van der Waals surface area contributed by atoms with E-state index >= 15 is 0 Å². The highest BCUT2D eigenvalue weighted by molar-refractivity contribution is 5.56. The van der Waals surface area contributed by atoms with Crippen molar-refractivity contribution in [1.29, 1.82) is 0 Å². The molecule has 0 spiro atoms. The van der Waals surface area contributed by atoms with Gasteiger partial charge in [-0.15, -0.1) is 0 Å². The second kappa shape index (κ2) is 9.05. The molecule has 1 atom stereocenters. The van der Waals surface area contributed by atoms with E-state index in [1.807, 2.05) is 12.4 Å². The van der Waals surface area contributed by atoms with Gasteiger partial charge < -0.3 is 14.7 Å². The molecule has 1 aliphatic carbocycles. The first-order chi connectivity index (χ1) is 17.4. The number of rotatable bonds is 7. The Labute approximate surface area is 213 Å². The minimum Gasteiger partial charge on any atom is -0.381 e. The molecule has 2 aliphatic heterocycles. The van der Waals surface area contributed by atoms with Crippen molar-refractivity contribution in [3.8, 4) is 11.4 Å². The highest BCUT2D eigenvalue weighted by Crippen LogP contribution is 2.50. The third kappa shape index (κ3) is 3.98. The van der Waals surface area contributed by atoms with Gasteiger partial charge in [0.2, 0.25) is 0 Å². The van der Waals surface area contributed by atoms with Gasteiger partial charge in [0.1, 0.15) is 11.4 Å². The standard InChI is InChI=1S/C29H37N5O2/c1-4-20-5-7-23(8-6-20)29(35,28(2)18-33(3)19-28)24-15-22(16-30-17-24)26-31-27(21-11-13-36-14-12-21)34(32-26)25-9-10-25/h5-8,15-17,21,25,35H,4,9-14,18-19H2,1-3H3. The van der Waals surface area contributed by atoms with Gasteiger partial charge in [0, 0.05) is 61.2 Å². The Morgan fingerprint density at radius 2 is 1.78 bits per heavy atom. The van der Waals surface area contributed by atoms with Crippen molar-refractivity contribution in [1.82, 2.24) is 24.6 Å². The summed E-state index contributed by atoms with van der Waals surface area (Å²) < 4.78 is 7.76. The van der Waals surface area contributed by atoms with E-state index in [0.29, 0.717) is 17.8 Å². The summed E-state index contributed by atoms with van der Waals surface area (Å²) in [6.45, 7) is 7.52. The molecular weight excluding hydrogens is 450 g/mol. The molecule has 3 fully saturated rings. The van der Waals surface area contributed by atoms with Gasteiger partial charge in [-0.2, -0.15) is 5.10 Å². The van der Waals surface area contributed by atoms with Crippen LogP contribution in [0.15, 0.2) is 42.7 Å². The molecule has 2 saturated heterocycles. The van der Waals surface area contributed by atoms with Crippen LogP contribution < -0.4 is 0 Å². The quantitative estimate of drug-likeness (QED) is 0.535. The molecule has 0 radical (unpaired) electrons. The molecule has 190 valence electrons. The minimum atomic E-state index is -1.17. The maximum absolute atomic E-state index is 12.5. The van der Waals surface area contributed by atoms with Crippen molar-refractivity contribution < 1.29 is 9.84 Å². The van der Waals surface area contributed by atoms with Crippen molar-refractivity contribution in [2.24, 2.45) is 5.41 Å². The van der Waals surface area contributed by atoms with Crippen LogP contribution in [0.1, 0.15) is 74.0 Å². The fraction of sp³-hybridized carbons (Fsp3) is 0.552. The molecule has 0 bridgehead atoms. The van der Waals surface area contributed by atoms with E-state index in [9.17, 15) is 5.11 Å². The summed E-state index contributed by atoms with van der Waals surface area (Å²) in [6, 6.07) is 10.9. The van der Waals surface area contributed by atoms with Gasteiger partial charge in [0.15, 0.2) is 5.82 Å². The van der Waals surface area contributed by atoms with Crippen LogP contribution >= 0.6 is 0 Å². The first-order valence-corrected chi connectivity index (χ1v) is 13.4. The second-order valence-electron chi connectivity index (χ2n) is 11.3. The third-order valence-corrected chi connectivity index (χ3v) is 8.44. The minimum absolute atomic E-state index is 0.330. The number of aryl methyl sites for hydroxylation is 1. The number of hydrogen-bond acceptors (Lipinski definition) is 6. The molecule has 1 N–H and O–H groups in total. The zero-order valence-corrected chi connectivity index (χ0v) is 21.7. The summed E-state index contributed by atoms with van der Waals surface area (Å²) in [5.41, 5.74) is 2.34. The van der Waals surface area contributed by atoms with Crippen LogP contribution in [-0.4, -0.2) is 63.1 Å². The highest BCUT2D eigenvalue weighted by atomic mass is 16.5. The van der Waals surface area contributed by atoms with Crippen molar-refractivity contribution in [2.75, 3.05) is 33.4 Å². The number of aromatic nitrogens is 4. The summed E-state index contributed by atoms with van der Waals surface area (Å²) in [4.78, 5) is 11.9. The van der Waals surface area contributed by atoms with Crippen molar-refractivity contribution in [2.45, 2.75) is 63.5 Å². The molecule has 3 aromatic rings. The van der Waals surface area contributed by atoms with Crippen molar-refractivity contribution in [3.63, 3.8) is 0 Å².